The first-order valence-electron chi connectivity index (χ1n) is 5.15. The standard InChI is InChI=1S/C11H16N4/c1-9-8-10(2)15(13-9)7-6-14-5-4-12-11(14)3/h4-5,8H,6-7H2,1-3H3. The van der Waals surface area contributed by atoms with Gasteiger partial charge in [0.15, 0.2) is 0 Å². The summed E-state index contributed by atoms with van der Waals surface area (Å²) >= 11 is 0. The van der Waals surface area contributed by atoms with Gasteiger partial charge in [0, 0.05) is 24.6 Å². The van der Waals surface area contributed by atoms with Gasteiger partial charge in [-0.1, -0.05) is 0 Å². The summed E-state index contributed by atoms with van der Waals surface area (Å²) in [6.07, 6.45) is 3.83. The van der Waals surface area contributed by atoms with Crippen molar-refractivity contribution in [1.82, 2.24) is 19.3 Å². The first-order chi connectivity index (χ1) is 7.16. The van der Waals surface area contributed by atoms with E-state index in [4.69, 9.17) is 0 Å². The molecule has 0 N–H and O–H groups in total. The Morgan fingerprint density at radius 1 is 1.20 bits per heavy atom. The van der Waals surface area contributed by atoms with E-state index in [1.165, 1.54) is 5.69 Å². The van der Waals surface area contributed by atoms with Gasteiger partial charge in [-0.3, -0.25) is 4.68 Å². The van der Waals surface area contributed by atoms with Crippen molar-refractivity contribution in [3.63, 3.8) is 0 Å². The smallest absolute Gasteiger partial charge is 0.105 e. The number of rotatable bonds is 3. The Kier molecular flexibility index (Phi) is 2.58. The molecule has 0 unspecified atom stereocenters. The molecule has 2 aromatic heterocycles. The Morgan fingerprint density at radius 2 is 2.00 bits per heavy atom. The minimum atomic E-state index is 0.900. The third-order valence-corrected chi connectivity index (χ3v) is 2.58. The zero-order chi connectivity index (χ0) is 10.8. The Bertz CT molecular complexity index is 453. The van der Waals surface area contributed by atoms with Crippen LogP contribution in [0.25, 0.3) is 0 Å². The Labute approximate surface area is 89.6 Å². The van der Waals surface area contributed by atoms with Crippen LogP contribution in [-0.2, 0) is 13.1 Å². The van der Waals surface area contributed by atoms with Gasteiger partial charge in [-0.05, 0) is 26.8 Å². The fourth-order valence-electron chi connectivity index (χ4n) is 1.74. The van der Waals surface area contributed by atoms with Crippen LogP contribution in [0.4, 0.5) is 0 Å². The molecule has 0 radical (unpaired) electrons. The lowest BCUT2D eigenvalue weighted by Crippen LogP contribution is -2.10. The molecule has 80 valence electrons. The maximum absolute atomic E-state index is 4.42. The summed E-state index contributed by atoms with van der Waals surface area (Å²) in [4.78, 5) is 4.19. The quantitative estimate of drug-likeness (QED) is 0.763. The molecule has 0 fully saturated rings. The summed E-state index contributed by atoms with van der Waals surface area (Å²) in [6.45, 7) is 7.94. The van der Waals surface area contributed by atoms with E-state index in [-0.39, 0.29) is 0 Å². The largest absolute Gasteiger partial charge is 0.333 e. The molecular weight excluding hydrogens is 188 g/mol. The minimum absolute atomic E-state index is 0.900. The van der Waals surface area contributed by atoms with Crippen LogP contribution in [0.5, 0.6) is 0 Å². The van der Waals surface area contributed by atoms with Gasteiger partial charge in [0.25, 0.3) is 0 Å². The van der Waals surface area contributed by atoms with Gasteiger partial charge in [0.2, 0.25) is 0 Å². The van der Waals surface area contributed by atoms with Crippen LogP contribution < -0.4 is 0 Å². The lowest BCUT2D eigenvalue weighted by molar-refractivity contribution is 0.514. The Balaban J connectivity index is 2.05. The third-order valence-electron chi connectivity index (χ3n) is 2.58. The van der Waals surface area contributed by atoms with Gasteiger partial charge in [-0.15, -0.1) is 0 Å². The number of imidazole rings is 1. The average molecular weight is 204 g/mol. The third kappa shape index (κ3) is 2.09. The van der Waals surface area contributed by atoms with Crippen molar-refractivity contribution in [1.29, 1.82) is 0 Å². The molecule has 15 heavy (non-hydrogen) atoms. The zero-order valence-electron chi connectivity index (χ0n) is 9.44. The molecule has 0 saturated carbocycles. The number of hydrogen-bond acceptors (Lipinski definition) is 2. The maximum Gasteiger partial charge on any atom is 0.105 e. The number of nitrogens with zero attached hydrogens (tertiary/aromatic N) is 4. The lowest BCUT2D eigenvalue weighted by atomic mass is 10.4. The first-order valence-corrected chi connectivity index (χ1v) is 5.15. The van der Waals surface area contributed by atoms with Gasteiger partial charge >= 0.3 is 0 Å². The van der Waals surface area contributed by atoms with Gasteiger partial charge in [-0.25, -0.2) is 4.98 Å². The molecule has 2 heterocycles. The molecule has 4 heteroatoms. The van der Waals surface area contributed by atoms with Gasteiger partial charge < -0.3 is 4.57 Å². The normalized spacial score (nSPS) is 10.9. The van der Waals surface area contributed by atoms with E-state index < -0.39 is 0 Å². The highest BCUT2D eigenvalue weighted by molar-refractivity contribution is 5.06. The van der Waals surface area contributed by atoms with E-state index in [0.29, 0.717) is 0 Å². The van der Waals surface area contributed by atoms with E-state index >= 15 is 0 Å². The molecule has 0 amide bonds. The van der Waals surface area contributed by atoms with Crippen molar-refractivity contribution >= 4 is 0 Å². The molecule has 0 spiro atoms. The Morgan fingerprint density at radius 3 is 2.53 bits per heavy atom. The minimum Gasteiger partial charge on any atom is -0.333 e. The van der Waals surface area contributed by atoms with Crippen molar-refractivity contribution in [2.45, 2.75) is 33.9 Å². The summed E-state index contributed by atoms with van der Waals surface area (Å²) in [5, 5.41) is 4.42. The van der Waals surface area contributed by atoms with Crippen LogP contribution in [0.3, 0.4) is 0 Å². The fourth-order valence-corrected chi connectivity index (χ4v) is 1.74. The van der Waals surface area contributed by atoms with Crippen molar-refractivity contribution < 1.29 is 0 Å². The molecule has 0 aliphatic rings. The average Bonchev–Trinajstić information content (AvgIpc) is 2.70. The highest BCUT2D eigenvalue weighted by Gasteiger charge is 2.01. The van der Waals surface area contributed by atoms with Crippen LogP contribution in [0.2, 0.25) is 0 Å². The van der Waals surface area contributed by atoms with Crippen molar-refractivity contribution in [3.05, 3.63) is 35.7 Å². The predicted octanol–water partition coefficient (Wildman–Crippen LogP) is 1.71. The molecule has 4 nitrogen and oxygen atoms in total. The van der Waals surface area contributed by atoms with Crippen LogP contribution in [-0.4, -0.2) is 19.3 Å². The second-order valence-corrected chi connectivity index (χ2v) is 3.82. The highest BCUT2D eigenvalue weighted by Crippen LogP contribution is 2.03. The van der Waals surface area contributed by atoms with Crippen LogP contribution >= 0.6 is 0 Å². The van der Waals surface area contributed by atoms with Gasteiger partial charge in [0.1, 0.15) is 5.82 Å². The number of aromatic nitrogens is 4. The van der Waals surface area contributed by atoms with E-state index in [1.807, 2.05) is 30.9 Å². The molecule has 0 atom stereocenters. The second kappa shape index (κ2) is 3.88. The van der Waals surface area contributed by atoms with Crippen molar-refractivity contribution in [2.75, 3.05) is 0 Å². The SMILES string of the molecule is Cc1cc(C)n(CCn2ccnc2C)n1. The first kappa shape index (κ1) is 9.96. The summed E-state index contributed by atoms with van der Waals surface area (Å²) < 4.78 is 4.17. The van der Waals surface area contributed by atoms with Crippen molar-refractivity contribution in [2.24, 2.45) is 0 Å². The lowest BCUT2D eigenvalue weighted by Gasteiger charge is -2.06. The number of aryl methyl sites for hydroxylation is 5. The van der Waals surface area contributed by atoms with Crippen LogP contribution in [0.15, 0.2) is 18.5 Å². The maximum atomic E-state index is 4.42. The fraction of sp³-hybridized carbons (Fsp3) is 0.455. The second-order valence-electron chi connectivity index (χ2n) is 3.82. The Hall–Kier alpha value is -1.58. The van der Waals surface area contributed by atoms with Crippen LogP contribution in [0, 0.1) is 20.8 Å². The topological polar surface area (TPSA) is 35.6 Å². The summed E-state index contributed by atoms with van der Waals surface area (Å²) in [5.74, 6) is 1.05. The van der Waals surface area contributed by atoms with Gasteiger partial charge in [0.05, 0.1) is 12.2 Å². The monoisotopic (exact) mass is 204 g/mol. The molecule has 0 aliphatic carbocycles. The predicted molar refractivity (Wildman–Crippen MR) is 58.7 cm³/mol. The molecule has 2 aromatic rings. The summed E-state index contributed by atoms with van der Waals surface area (Å²) in [5.41, 5.74) is 2.29. The molecule has 2 rings (SSSR count). The van der Waals surface area contributed by atoms with Crippen LogP contribution in [0.1, 0.15) is 17.2 Å². The van der Waals surface area contributed by atoms with E-state index in [2.05, 4.69) is 27.6 Å². The summed E-state index contributed by atoms with van der Waals surface area (Å²) in [6, 6.07) is 2.10. The summed E-state index contributed by atoms with van der Waals surface area (Å²) in [7, 11) is 0. The molecule has 0 aromatic carbocycles. The number of hydrogen-bond donors (Lipinski definition) is 0. The van der Waals surface area contributed by atoms with Crippen molar-refractivity contribution in [3.8, 4) is 0 Å². The van der Waals surface area contributed by atoms with E-state index in [9.17, 15) is 0 Å². The molecular formula is C11H16N4. The van der Waals surface area contributed by atoms with Gasteiger partial charge in [-0.2, -0.15) is 5.10 Å². The van der Waals surface area contributed by atoms with E-state index in [0.717, 1.165) is 24.6 Å². The zero-order valence-corrected chi connectivity index (χ0v) is 9.44. The highest BCUT2D eigenvalue weighted by atomic mass is 15.3. The molecule has 0 aliphatic heterocycles. The van der Waals surface area contributed by atoms with E-state index in [1.54, 1.807) is 0 Å². The molecule has 0 saturated heterocycles. The molecule has 0 bridgehead atoms.